The zero-order valence-corrected chi connectivity index (χ0v) is 24.2. The number of carbonyl (C=O) groups excluding carboxylic acids is 2. The smallest absolute Gasteiger partial charge is 0.260 e. The van der Waals surface area contributed by atoms with E-state index in [1.165, 1.54) is 12.0 Å². The topological polar surface area (TPSA) is 92.8 Å². The Hall–Kier alpha value is -2.98. The molecule has 2 N–H and O–H groups in total. The second kappa shape index (κ2) is 13.9. The van der Waals surface area contributed by atoms with E-state index in [-0.39, 0.29) is 18.4 Å². The second-order valence-electron chi connectivity index (χ2n) is 9.44. The maximum absolute atomic E-state index is 13.7. The van der Waals surface area contributed by atoms with E-state index in [9.17, 15) is 9.59 Å². The van der Waals surface area contributed by atoms with E-state index in [1.54, 1.807) is 47.6 Å². The zero-order valence-electron chi connectivity index (χ0n) is 22.6. The van der Waals surface area contributed by atoms with Crippen molar-refractivity contribution < 1.29 is 19.1 Å². The van der Waals surface area contributed by atoms with Crippen LogP contribution < -0.4 is 20.3 Å². The lowest BCUT2D eigenvalue weighted by molar-refractivity contribution is 0.0949. The molecule has 1 unspecified atom stereocenters. The molecule has 3 aromatic rings. The fourth-order valence-corrected chi connectivity index (χ4v) is 6.00. The van der Waals surface area contributed by atoms with Gasteiger partial charge in [0.25, 0.3) is 11.8 Å². The van der Waals surface area contributed by atoms with Gasteiger partial charge in [0.2, 0.25) is 0 Å². The maximum atomic E-state index is 13.7. The van der Waals surface area contributed by atoms with Crippen molar-refractivity contribution in [2.24, 2.45) is 0 Å². The Kier molecular flexibility index (Phi) is 10.3. The van der Waals surface area contributed by atoms with Gasteiger partial charge in [0.05, 0.1) is 31.0 Å². The SMILES string of the molecule is CCCNC1CCc2nc(N(CCOC)C(=O)c3cccc(CNC(=O)c4ccc(OC)c(Cl)c4)c3)sc2C1. The Bertz CT molecular complexity index is 1300. The number of hydrogen-bond acceptors (Lipinski definition) is 7. The normalized spacial score (nSPS) is 14.5. The summed E-state index contributed by atoms with van der Waals surface area (Å²) in [6, 6.07) is 12.6. The van der Waals surface area contributed by atoms with Gasteiger partial charge in [-0.1, -0.05) is 30.7 Å². The summed E-state index contributed by atoms with van der Waals surface area (Å²) < 4.78 is 10.5. The number of aryl methyl sites for hydroxylation is 1. The van der Waals surface area contributed by atoms with Crippen molar-refractivity contribution in [3.05, 3.63) is 74.7 Å². The minimum atomic E-state index is -0.266. The number of fused-ring (bicyclic) bond motifs is 1. The van der Waals surface area contributed by atoms with Crippen molar-refractivity contribution in [2.45, 2.75) is 45.2 Å². The number of halogens is 1. The average Bonchev–Trinajstić information content (AvgIpc) is 3.38. The highest BCUT2D eigenvalue weighted by Crippen LogP contribution is 2.33. The van der Waals surface area contributed by atoms with Crippen LogP contribution in [-0.2, 0) is 24.1 Å². The number of hydrogen-bond donors (Lipinski definition) is 2. The number of carbonyl (C=O) groups is 2. The fraction of sp³-hybridized carbons (Fsp3) is 0.414. The predicted molar refractivity (Wildman–Crippen MR) is 155 cm³/mol. The van der Waals surface area contributed by atoms with Crippen LogP contribution in [0.15, 0.2) is 42.5 Å². The molecule has 2 aromatic carbocycles. The second-order valence-corrected chi connectivity index (χ2v) is 10.9. The van der Waals surface area contributed by atoms with Crippen LogP contribution in [0, 0.1) is 0 Å². The van der Waals surface area contributed by atoms with Crippen LogP contribution in [0.1, 0.15) is 56.6 Å². The highest BCUT2D eigenvalue weighted by atomic mass is 35.5. The van der Waals surface area contributed by atoms with Gasteiger partial charge in [-0.3, -0.25) is 14.5 Å². The third-order valence-corrected chi connectivity index (χ3v) is 8.09. The number of methoxy groups -OCH3 is 2. The molecule has 0 aliphatic heterocycles. The zero-order chi connectivity index (χ0) is 27.8. The molecule has 10 heteroatoms. The first-order valence-corrected chi connectivity index (χ1v) is 14.4. The van der Waals surface area contributed by atoms with Gasteiger partial charge in [-0.05, 0) is 68.1 Å². The molecule has 4 rings (SSSR count). The molecule has 1 aromatic heterocycles. The minimum absolute atomic E-state index is 0.145. The van der Waals surface area contributed by atoms with Gasteiger partial charge in [0.1, 0.15) is 5.75 Å². The summed E-state index contributed by atoms with van der Waals surface area (Å²) in [5, 5.41) is 7.58. The molecule has 0 saturated heterocycles. The number of nitrogens with one attached hydrogen (secondary N) is 2. The molecule has 1 atom stereocenters. The molecular weight excluding hydrogens is 536 g/mol. The molecule has 1 aliphatic rings. The Morgan fingerprint density at radius 1 is 1.18 bits per heavy atom. The summed E-state index contributed by atoms with van der Waals surface area (Å²) in [6.45, 7) is 4.24. The molecule has 0 spiro atoms. The van der Waals surface area contributed by atoms with Gasteiger partial charge in [0.15, 0.2) is 5.13 Å². The number of amides is 2. The number of anilines is 1. The van der Waals surface area contributed by atoms with Crippen molar-refractivity contribution in [3.63, 3.8) is 0 Å². The minimum Gasteiger partial charge on any atom is -0.495 e. The molecule has 0 radical (unpaired) electrons. The van der Waals surface area contributed by atoms with Gasteiger partial charge in [-0.15, -0.1) is 11.3 Å². The van der Waals surface area contributed by atoms with Crippen molar-refractivity contribution >= 4 is 39.9 Å². The van der Waals surface area contributed by atoms with Crippen LogP contribution in [0.4, 0.5) is 5.13 Å². The summed E-state index contributed by atoms with van der Waals surface area (Å²) in [6.07, 6.45) is 4.01. The number of ether oxygens (including phenoxy) is 2. The molecule has 8 nitrogen and oxygen atoms in total. The molecule has 2 amide bonds. The molecule has 39 heavy (non-hydrogen) atoms. The van der Waals surface area contributed by atoms with E-state index in [4.69, 9.17) is 26.1 Å². The largest absolute Gasteiger partial charge is 0.495 e. The van der Waals surface area contributed by atoms with Crippen molar-refractivity contribution in [3.8, 4) is 5.75 Å². The van der Waals surface area contributed by atoms with E-state index < -0.39 is 0 Å². The predicted octanol–water partition coefficient (Wildman–Crippen LogP) is 4.89. The van der Waals surface area contributed by atoms with Crippen molar-refractivity contribution in [1.29, 1.82) is 0 Å². The van der Waals surface area contributed by atoms with Crippen molar-refractivity contribution in [1.82, 2.24) is 15.6 Å². The highest BCUT2D eigenvalue weighted by molar-refractivity contribution is 7.16. The third-order valence-electron chi connectivity index (χ3n) is 6.65. The Morgan fingerprint density at radius 2 is 2.03 bits per heavy atom. The van der Waals surface area contributed by atoms with Gasteiger partial charge >= 0.3 is 0 Å². The fourth-order valence-electron chi connectivity index (χ4n) is 4.53. The Balaban J connectivity index is 1.46. The number of nitrogens with zero attached hydrogens (tertiary/aromatic N) is 2. The number of aromatic nitrogens is 1. The summed E-state index contributed by atoms with van der Waals surface area (Å²) in [5.74, 6) is 0.0959. The van der Waals surface area contributed by atoms with E-state index in [0.717, 1.165) is 43.5 Å². The van der Waals surface area contributed by atoms with Gasteiger partial charge in [-0.2, -0.15) is 0 Å². The Morgan fingerprint density at radius 3 is 2.77 bits per heavy atom. The highest BCUT2D eigenvalue weighted by Gasteiger charge is 2.27. The van der Waals surface area contributed by atoms with Crippen LogP contribution >= 0.6 is 22.9 Å². The molecule has 0 saturated carbocycles. The monoisotopic (exact) mass is 570 g/mol. The number of thiazole rings is 1. The summed E-state index contributed by atoms with van der Waals surface area (Å²) in [5.41, 5.74) is 2.86. The maximum Gasteiger partial charge on any atom is 0.260 e. The van der Waals surface area contributed by atoms with Crippen LogP contribution in [0.25, 0.3) is 0 Å². The molecule has 1 heterocycles. The van der Waals surface area contributed by atoms with Crippen LogP contribution in [0.3, 0.4) is 0 Å². The van der Waals surface area contributed by atoms with Gasteiger partial charge in [-0.25, -0.2) is 4.98 Å². The first-order valence-electron chi connectivity index (χ1n) is 13.2. The molecule has 0 bridgehead atoms. The Labute approximate surface area is 238 Å². The van der Waals surface area contributed by atoms with E-state index >= 15 is 0 Å². The lowest BCUT2D eigenvalue weighted by Gasteiger charge is -2.21. The van der Waals surface area contributed by atoms with E-state index in [1.807, 2.05) is 18.2 Å². The van der Waals surface area contributed by atoms with E-state index in [2.05, 4.69) is 17.6 Å². The van der Waals surface area contributed by atoms with Gasteiger partial charge < -0.3 is 20.1 Å². The number of benzene rings is 2. The molecule has 208 valence electrons. The van der Waals surface area contributed by atoms with Gasteiger partial charge in [0, 0.05) is 35.7 Å². The van der Waals surface area contributed by atoms with Crippen LogP contribution in [-0.4, -0.2) is 56.8 Å². The number of rotatable bonds is 12. The molecular formula is C29H35ClN4O4S. The first kappa shape index (κ1) is 29.0. The molecule has 1 aliphatic carbocycles. The summed E-state index contributed by atoms with van der Waals surface area (Å²) in [7, 11) is 3.15. The lowest BCUT2D eigenvalue weighted by Crippen LogP contribution is -2.34. The van der Waals surface area contributed by atoms with Crippen LogP contribution in [0.5, 0.6) is 5.75 Å². The third kappa shape index (κ3) is 7.36. The van der Waals surface area contributed by atoms with Crippen LogP contribution in [0.2, 0.25) is 5.02 Å². The average molecular weight is 571 g/mol. The van der Waals surface area contributed by atoms with E-state index in [0.29, 0.717) is 46.2 Å². The first-order chi connectivity index (χ1) is 18.9. The standard InChI is InChI=1S/C29H35ClN4O4S/c1-4-12-31-22-9-10-24-26(17-22)39-29(33-24)34(13-14-37-2)28(36)21-7-5-6-19(15-21)18-32-27(35)20-8-11-25(38-3)23(30)16-20/h5-8,11,15-16,22,31H,4,9-10,12-14,17-18H2,1-3H3,(H,32,35). The molecule has 0 fully saturated rings. The summed E-state index contributed by atoms with van der Waals surface area (Å²) >= 11 is 7.76. The lowest BCUT2D eigenvalue weighted by atomic mass is 9.98. The van der Waals surface area contributed by atoms with Crippen molar-refractivity contribution in [2.75, 3.05) is 38.8 Å². The quantitative estimate of drug-likeness (QED) is 0.322. The summed E-state index contributed by atoms with van der Waals surface area (Å²) in [4.78, 5) is 34.2.